The number of aryl methyl sites for hydroxylation is 1. The molecule has 2 atom stereocenters. The van der Waals surface area contributed by atoms with E-state index in [2.05, 4.69) is 4.57 Å². The van der Waals surface area contributed by atoms with Gasteiger partial charge in [-0.1, -0.05) is 0 Å². The van der Waals surface area contributed by atoms with Crippen LogP contribution in [0, 0.1) is 18.7 Å². The summed E-state index contributed by atoms with van der Waals surface area (Å²) in [5, 5.41) is 1.05. The average molecular weight is 482 g/mol. The highest BCUT2D eigenvalue weighted by Gasteiger charge is 2.48. The summed E-state index contributed by atoms with van der Waals surface area (Å²) in [4.78, 5) is 12.6. The van der Waals surface area contributed by atoms with Gasteiger partial charge in [0.25, 0.3) is 0 Å². The molecule has 0 bridgehead atoms. The van der Waals surface area contributed by atoms with Crippen molar-refractivity contribution in [1.29, 1.82) is 0 Å². The summed E-state index contributed by atoms with van der Waals surface area (Å²) in [7, 11) is 1.59. The molecule has 0 N–H and O–H groups in total. The van der Waals surface area contributed by atoms with Crippen molar-refractivity contribution in [2.24, 2.45) is 5.92 Å². The monoisotopic (exact) mass is 481 g/mol. The van der Waals surface area contributed by atoms with E-state index in [-0.39, 0.29) is 36.3 Å². The summed E-state index contributed by atoms with van der Waals surface area (Å²) in [6.07, 6.45) is 2.56. The topological polar surface area (TPSA) is 58.9 Å². The molecule has 0 spiro atoms. The second-order valence-corrected chi connectivity index (χ2v) is 9.39. The van der Waals surface area contributed by atoms with E-state index >= 15 is 0 Å². The van der Waals surface area contributed by atoms with Crippen molar-refractivity contribution in [3.8, 4) is 11.4 Å². The molecule has 6 nitrogen and oxygen atoms in total. The number of hydrogen-bond donors (Lipinski definition) is 0. The van der Waals surface area contributed by atoms with Crippen LogP contribution in [-0.4, -0.2) is 44.3 Å². The van der Waals surface area contributed by atoms with Gasteiger partial charge in [-0.05, 0) is 80.6 Å². The van der Waals surface area contributed by atoms with Gasteiger partial charge in [0.15, 0.2) is 6.79 Å². The minimum Gasteiger partial charge on any atom is -0.468 e. The first-order valence-electron chi connectivity index (χ1n) is 12.3. The van der Waals surface area contributed by atoms with Crippen LogP contribution in [0.5, 0.6) is 5.75 Å². The summed E-state index contributed by atoms with van der Waals surface area (Å²) in [6.45, 7) is 5.55. The van der Waals surface area contributed by atoms with Crippen molar-refractivity contribution in [2.75, 3.05) is 33.7 Å². The molecule has 0 radical (unpaired) electrons. The molecule has 3 aromatic rings. The number of aromatic nitrogens is 1. The molecule has 1 aliphatic heterocycles. The second kappa shape index (κ2) is 9.99. The first kappa shape index (κ1) is 23.8. The number of halogens is 1. The number of esters is 1. The average Bonchev–Trinajstić information content (AvgIpc) is 3.59. The van der Waals surface area contributed by atoms with Crippen LogP contribution in [0.4, 0.5) is 4.39 Å². The molecular formula is C28H32FNO5. The lowest BCUT2D eigenvalue weighted by atomic mass is 9.90. The molecule has 2 aliphatic rings. The van der Waals surface area contributed by atoms with Crippen molar-refractivity contribution in [3.63, 3.8) is 0 Å². The molecule has 2 fully saturated rings. The minimum absolute atomic E-state index is 0.0786. The number of ether oxygens (including phenoxy) is 4. The third kappa shape index (κ3) is 4.55. The molecule has 1 aromatic heterocycles. The number of benzene rings is 2. The third-order valence-corrected chi connectivity index (χ3v) is 7.12. The van der Waals surface area contributed by atoms with Gasteiger partial charge in [0.2, 0.25) is 0 Å². The quantitative estimate of drug-likeness (QED) is 0.309. The molecule has 2 unspecified atom stereocenters. The van der Waals surface area contributed by atoms with Gasteiger partial charge in [0.1, 0.15) is 11.6 Å². The van der Waals surface area contributed by atoms with E-state index in [1.807, 2.05) is 37.3 Å². The number of fused-ring (bicyclic) bond motifs is 1. The fourth-order valence-electron chi connectivity index (χ4n) is 5.36. The zero-order valence-electron chi connectivity index (χ0n) is 20.5. The maximum absolute atomic E-state index is 14.2. The van der Waals surface area contributed by atoms with Crippen LogP contribution < -0.4 is 4.74 Å². The molecule has 2 aromatic carbocycles. The summed E-state index contributed by atoms with van der Waals surface area (Å²) in [5.41, 5.74) is 4.90. The van der Waals surface area contributed by atoms with Crippen LogP contribution in [-0.2, 0) is 19.0 Å². The Morgan fingerprint density at radius 1 is 1.17 bits per heavy atom. The highest BCUT2D eigenvalue weighted by atomic mass is 19.1. The smallest absolute Gasteiger partial charge is 0.309 e. The number of carbonyl (C=O) groups is 1. The van der Waals surface area contributed by atoms with Gasteiger partial charge in [-0.3, -0.25) is 4.79 Å². The van der Waals surface area contributed by atoms with Gasteiger partial charge in [-0.2, -0.15) is 0 Å². The molecule has 35 heavy (non-hydrogen) atoms. The van der Waals surface area contributed by atoms with Crippen LogP contribution in [0.15, 0.2) is 36.4 Å². The fourth-order valence-corrected chi connectivity index (χ4v) is 5.36. The summed E-state index contributed by atoms with van der Waals surface area (Å²) < 4.78 is 38.4. The maximum Gasteiger partial charge on any atom is 0.309 e. The zero-order chi connectivity index (χ0) is 24.5. The van der Waals surface area contributed by atoms with Crippen LogP contribution >= 0.6 is 0 Å². The number of rotatable bonds is 8. The second-order valence-electron chi connectivity index (χ2n) is 9.39. The molecular weight excluding hydrogens is 449 g/mol. The van der Waals surface area contributed by atoms with Gasteiger partial charge in [-0.25, -0.2) is 4.39 Å². The van der Waals surface area contributed by atoms with Gasteiger partial charge in [-0.15, -0.1) is 0 Å². The number of hydrogen-bond acceptors (Lipinski definition) is 5. The van der Waals surface area contributed by atoms with Crippen LogP contribution in [0.3, 0.4) is 0 Å². The summed E-state index contributed by atoms with van der Waals surface area (Å²) >= 11 is 0. The highest BCUT2D eigenvalue weighted by molar-refractivity contribution is 5.91. The predicted octanol–water partition coefficient (Wildman–Crippen LogP) is 5.62. The molecule has 1 aliphatic carbocycles. The van der Waals surface area contributed by atoms with Gasteiger partial charge in [0.05, 0.1) is 18.0 Å². The first-order valence-corrected chi connectivity index (χ1v) is 12.3. The summed E-state index contributed by atoms with van der Waals surface area (Å²) in [6, 6.07) is 11.3. The fraction of sp³-hybridized carbons (Fsp3) is 0.464. The van der Waals surface area contributed by atoms with E-state index in [9.17, 15) is 9.18 Å². The Hall–Kier alpha value is -2.90. The van der Waals surface area contributed by atoms with Crippen molar-refractivity contribution in [2.45, 2.75) is 44.9 Å². The van der Waals surface area contributed by atoms with E-state index in [0.29, 0.717) is 31.1 Å². The molecule has 186 valence electrons. The Morgan fingerprint density at radius 2 is 1.97 bits per heavy atom. The lowest BCUT2D eigenvalue weighted by molar-refractivity contribution is -0.144. The van der Waals surface area contributed by atoms with E-state index in [1.165, 1.54) is 17.3 Å². The zero-order valence-corrected chi connectivity index (χ0v) is 20.5. The van der Waals surface area contributed by atoms with Crippen LogP contribution in [0.25, 0.3) is 16.6 Å². The van der Waals surface area contributed by atoms with Gasteiger partial charge < -0.3 is 23.5 Å². The highest BCUT2D eigenvalue weighted by Crippen LogP contribution is 2.55. The predicted molar refractivity (Wildman–Crippen MR) is 131 cm³/mol. The Kier molecular flexibility index (Phi) is 6.80. The van der Waals surface area contributed by atoms with E-state index in [0.717, 1.165) is 35.9 Å². The first-order chi connectivity index (χ1) is 17.0. The lowest BCUT2D eigenvalue weighted by Gasteiger charge is -2.26. The van der Waals surface area contributed by atoms with E-state index in [1.54, 1.807) is 14.0 Å². The standard InChI is InChI=1S/C28H32FNO5/c1-4-34-28(31)22-15-21(22)26-23-14-20(35-16-32-3)6-8-25(23)30(19-5-7-24(29)17(2)13-19)27(26)18-9-11-33-12-10-18/h5-8,13-14,18,21-22H,4,9-12,15-16H2,1-3H3. The van der Waals surface area contributed by atoms with E-state index < -0.39 is 0 Å². The molecule has 1 saturated carbocycles. The normalized spacial score (nSPS) is 20.2. The van der Waals surface area contributed by atoms with Crippen molar-refractivity contribution in [1.82, 2.24) is 4.57 Å². The largest absolute Gasteiger partial charge is 0.468 e. The Labute approximate surface area is 204 Å². The molecule has 2 heterocycles. The lowest BCUT2D eigenvalue weighted by Crippen LogP contribution is -2.18. The number of carbonyl (C=O) groups excluding carboxylic acids is 1. The van der Waals surface area contributed by atoms with Crippen LogP contribution in [0.1, 0.15) is 54.8 Å². The Bertz CT molecular complexity index is 1230. The van der Waals surface area contributed by atoms with Crippen LogP contribution in [0.2, 0.25) is 0 Å². The van der Waals surface area contributed by atoms with Gasteiger partial charge in [0, 0.05) is 48.9 Å². The Balaban J connectivity index is 1.73. The maximum atomic E-state index is 14.2. The molecule has 7 heteroatoms. The van der Waals surface area contributed by atoms with Crippen molar-refractivity contribution in [3.05, 3.63) is 59.0 Å². The molecule has 0 amide bonds. The van der Waals surface area contributed by atoms with Crippen molar-refractivity contribution < 1.29 is 28.1 Å². The Morgan fingerprint density at radius 3 is 2.69 bits per heavy atom. The number of methoxy groups -OCH3 is 1. The van der Waals surface area contributed by atoms with E-state index in [4.69, 9.17) is 18.9 Å². The minimum atomic E-state index is -0.224. The van der Waals surface area contributed by atoms with Gasteiger partial charge >= 0.3 is 5.97 Å². The SMILES string of the molecule is CCOC(=O)C1CC1c1c(C2CCOCC2)n(-c2ccc(F)c(C)c2)c2ccc(OCOC)cc12. The summed E-state index contributed by atoms with van der Waals surface area (Å²) in [5.74, 6) is 0.544. The molecule has 1 saturated heterocycles. The third-order valence-electron chi connectivity index (χ3n) is 7.12. The van der Waals surface area contributed by atoms with Crippen molar-refractivity contribution >= 4 is 16.9 Å². The number of nitrogens with zero attached hydrogens (tertiary/aromatic N) is 1. The molecule has 5 rings (SSSR count).